The fourth-order valence-electron chi connectivity index (χ4n) is 8.22. The van der Waals surface area contributed by atoms with Crippen molar-refractivity contribution in [2.24, 2.45) is 0 Å². The molecule has 3 N–H and O–H groups in total. The van der Waals surface area contributed by atoms with Gasteiger partial charge in [-0.15, -0.1) is 0 Å². The standard InChI is InChI=1S/C28H23F5N2O5S.C27H21F5N2O5S/c1-16-4-8-25(35(16)22-11-18(27(36)39-2)10-21(14-22)34-41(3,37)38)23-12-19(28(31,32)33)6-9-26(23)40-15-17-5-7-20(29)13-24(17)30;1-15-3-7-24(34(15)21-10-17(26(35)36)9-20(13-21)33-40(2,37)38)22-11-18(27(30,31)32)5-8-25(22)39-14-16-4-6-19(28)12-23(16)29/h4-14,34H,15H2,1-3H3;3-13,33H,14H2,1-2H3,(H,35,36). The summed E-state index contributed by atoms with van der Waals surface area (Å²) in [6.07, 6.45) is -7.64. The van der Waals surface area contributed by atoms with Gasteiger partial charge in [0.15, 0.2) is 0 Å². The number of nitrogens with zero attached hydrogens (tertiary/aromatic N) is 2. The molecule has 0 saturated carbocycles. The quantitative estimate of drug-likeness (QED) is 0.0621. The molecule has 0 spiro atoms. The fourth-order valence-corrected chi connectivity index (χ4v) is 9.31. The van der Waals surface area contributed by atoms with Crippen molar-refractivity contribution in [3.05, 3.63) is 201 Å². The van der Waals surface area contributed by atoms with Gasteiger partial charge in [0, 0.05) is 57.1 Å². The van der Waals surface area contributed by atoms with Crippen LogP contribution in [-0.2, 0) is 50.3 Å². The number of aromatic carboxylic acids is 1. The lowest BCUT2D eigenvalue weighted by Crippen LogP contribution is -2.12. The monoisotopic (exact) mass is 1170 g/mol. The summed E-state index contributed by atoms with van der Waals surface area (Å²) in [4.78, 5) is 24.1. The summed E-state index contributed by atoms with van der Waals surface area (Å²) in [6, 6.07) is 25.0. The van der Waals surface area contributed by atoms with E-state index in [1.165, 1.54) is 51.6 Å². The van der Waals surface area contributed by atoms with Gasteiger partial charge in [0.25, 0.3) is 0 Å². The van der Waals surface area contributed by atoms with Gasteiger partial charge < -0.3 is 28.5 Å². The molecule has 0 aliphatic rings. The van der Waals surface area contributed by atoms with Crippen molar-refractivity contribution in [1.29, 1.82) is 0 Å². The number of carboxylic acid groups (broad SMARTS) is 1. The predicted molar refractivity (Wildman–Crippen MR) is 278 cm³/mol. The first-order valence-corrected chi connectivity index (χ1v) is 27.1. The van der Waals surface area contributed by atoms with Crippen molar-refractivity contribution in [2.45, 2.75) is 39.4 Å². The molecule has 81 heavy (non-hydrogen) atoms. The highest BCUT2D eigenvalue weighted by Gasteiger charge is 2.33. The Balaban J connectivity index is 0.000000234. The smallest absolute Gasteiger partial charge is 0.416 e. The molecule has 2 aromatic heterocycles. The Bertz CT molecular complexity index is 3950. The minimum absolute atomic E-state index is 0.0109. The third kappa shape index (κ3) is 14.9. The summed E-state index contributed by atoms with van der Waals surface area (Å²) in [6.45, 7) is 2.42. The Hall–Kier alpha value is -8.78. The van der Waals surface area contributed by atoms with Crippen LogP contribution in [0.3, 0.4) is 0 Å². The molecule has 8 aromatic rings. The Kier molecular flexibility index (Phi) is 17.4. The first kappa shape index (κ1) is 59.9. The zero-order valence-corrected chi connectivity index (χ0v) is 44.4. The highest BCUT2D eigenvalue weighted by Crippen LogP contribution is 2.42. The van der Waals surface area contributed by atoms with Crippen LogP contribution < -0.4 is 18.9 Å². The van der Waals surface area contributed by atoms with E-state index >= 15 is 0 Å². The lowest BCUT2D eigenvalue weighted by Gasteiger charge is -2.19. The number of nitrogens with one attached hydrogen (secondary N) is 2. The van der Waals surface area contributed by atoms with Crippen molar-refractivity contribution >= 4 is 43.4 Å². The third-order valence-electron chi connectivity index (χ3n) is 11.7. The summed E-state index contributed by atoms with van der Waals surface area (Å²) < 4.78 is 208. The summed E-state index contributed by atoms with van der Waals surface area (Å²) in [5.74, 6) is -5.65. The number of halogens is 10. The van der Waals surface area contributed by atoms with Crippen LogP contribution in [0.4, 0.5) is 55.3 Å². The van der Waals surface area contributed by atoms with Gasteiger partial charge >= 0.3 is 24.3 Å². The summed E-state index contributed by atoms with van der Waals surface area (Å²) in [5.41, 5.74) is -0.847. The lowest BCUT2D eigenvalue weighted by molar-refractivity contribution is -0.138. The molecular weight excluding hydrogens is 1130 g/mol. The van der Waals surface area contributed by atoms with E-state index in [0.717, 1.165) is 86.4 Å². The second kappa shape index (κ2) is 23.5. The number of esters is 1. The molecule has 14 nitrogen and oxygen atoms in total. The number of hydrogen-bond donors (Lipinski definition) is 3. The zero-order chi connectivity index (χ0) is 59.5. The molecular formula is C55H44F10N4O10S2. The molecule has 26 heteroatoms. The Morgan fingerprint density at radius 3 is 1.28 bits per heavy atom. The Labute approximate surface area is 455 Å². The summed E-state index contributed by atoms with van der Waals surface area (Å²) in [7, 11) is -6.42. The van der Waals surface area contributed by atoms with E-state index in [9.17, 15) is 75.4 Å². The van der Waals surface area contributed by atoms with Crippen LogP contribution in [-0.4, -0.2) is 62.6 Å². The summed E-state index contributed by atoms with van der Waals surface area (Å²) >= 11 is 0. The van der Waals surface area contributed by atoms with E-state index in [1.807, 2.05) is 0 Å². The van der Waals surface area contributed by atoms with E-state index in [2.05, 4.69) is 9.44 Å². The van der Waals surface area contributed by atoms with E-state index < -0.39 is 91.9 Å². The van der Waals surface area contributed by atoms with Crippen LogP contribution in [0, 0.1) is 37.1 Å². The second-order valence-electron chi connectivity index (χ2n) is 17.9. The minimum Gasteiger partial charge on any atom is -0.488 e. The predicted octanol–water partition coefficient (Wildman–Crippen LogP) is 12.9. The average molecular weight is 1180 g/mol. The van der Waals surface area contributed by atoms with Crippen LogP contribution in [0.1, 0.15) is 54.4 Å². The second-order valence-corrected chi connectivity index (χ2v) is 21.4. The number of anilines is 2. The molecule has 0 amide bonds. The van der Waals surface area contributed by atoms with Crippen LogP contribution in [0.5, 0.6) is 11.5 Å². The van der Waals surface area contributed by atoms with Crippen LogP contribution >= 0.6 is 0 Å². The first-order valence-electron chi connectivity index (χ1n) is 23.3. The fraction of sp³-hybridized carbons (Fsp3) is 0.164. The molecule has 0 saturated heterocycles. The van der Waals surface area contributed by atoms with E-state index in [4.69, 9.17) is 14.2 Å². The number of aromatic nitrogens is 2. The highest BCUT2D eigenvalue weighted by molar-refractivity contribution is 7.92. The third-order valence-corrected chi connectivity index (χ3v) is 13.0. The lowest BCUT2D eigenvalue weighted by atomic mass is 10.1. The average Bonchev–Trinajstić information content (AvgIpc) is 4.04. The van der Waals surface area contributed by atoms with E-state index in [-0.39, 0.29) is 79.0 Å². The zero-order valence-electron chi connectivity index (χ0n) is 42.7. The molecule has 6 aromatic carbocycles. The van der Waals surface area contributed by atoms with Gasteiger partial charge in [-0.3, -0.25) is 9.44 Å². The number of methoxy groups -OCH3 is 1. The molecule has 0 aliphatic carbocycles. The maximum atomic E-state index is 14.2. The highest BCUT2D eigenvalue weighted by atomic mass is 32.2. The first-order chi connectivity index (χ1) is 37.8. The number of rotatable bonds is 16. The molecule has 0 bridgehead atoms. The summed E-state index contributed by atoms with van der Waals surface area (Å²) in [5, 5.41) is 9.59. The van der Waals surface area contributed by atoms with Gasteiger partial charge in [-0.05, 0) is 135 Å². The number of benzene rings is 6. The molecule has 426 valence electrons. The number of hydrogen-bond acceptors (Lipinski definition) is 9. The van der Waals surface area contributed by atoms with E-state index in [0.29, 0.717) is 23.5 Å². The van der Waals surface area contributed by atoms with Gasteiger partial charge in [-0.25, -0.2) is 44.0 Å². The number of carboxylic acids is 1. The molecule has 0 fully saturated rings. The van der Waals surface area contributed by atoms with Crippen molar-refractivity contribution in [1.82, 2.24) is 9.13 Å². The van der Waals surface area contributed by atoms with Gasteiger partial charge in [0.1, 0.15) is 48.0 Å². The van der Waals surface area contributed by atoms with Gasteiger partial charge in [0.05, 0.1) is 64.6 Å². The molecule has 8 rings (SSSR count). The molecule has 0 unspecified atom stereocenters. The number of carbonyl (C=O) groups is 2. The number of sulfonamides is 2. The van der Waals surface area contributed by atoms with Gasteiger partial charge in [-0.1, -0.05) is 0 Å². The van der Waals surface area contributed by atoms with Crippen LogP contribution in [0.25, 0.3) is 33.9 Å². The van der Waals surface area contributed by atoms with Crippen molar-refractivity contribution in [2.75, 3.05) is 29.1 Å². The minimum atomic E-state index is -4.72. The number of ether oxygens (including phenoxy) is 3. The van der Waals surface area contributed by atoms with Crippen LogP contribution in [0.2, 0.25) is 0 Å². The van der Waals surface area contributed by atoms with Crippen molar-refractivity contribution in [3.8, 4) is 45.4 Å². The van der Waals surface area contributed by atoms with E-state index in [1.54, 1.807) is 26.0 Å². The number of carbonyl (C=O) groups excluding carboxylic acids is 1. The SMILES string of the molecule is COC(=O)c1cc(NS(C)(=O)=O)cc(-n2c(C)ccc2-c2cc(C(F)(F)F)ccc2OCc2ccc(F)cc2F)c1.Cc1ccc(-c2cc(C(F)(F)F)ccc2OCc2ccc(F)cc2F)n1-c1cc(NS(C)(=O)=O)cc(C(=O)O)c1. The normalized spacial score (nSPS) is 11.8. The Morgan fingerprint density at radius 1 is 0.531 bits per heavy atom. The van der Waals surface area contributed by atoms with Gasteiger partial charge in [0.2, 0.25) is 20.0 Å². The molecule has 0 atom stereocenters. The largest absolute Gasteiger partial charge is 0.488 e. The van der Waals surface area contributed by atoms with Gasteiger partial charge in [-0.2, -0.15) is 26.3 Å². The number of alkyl halides is 6. The maximum Gasteiger partial charge on any atom is 0.416 e. The van der Waals surface area contributed by atoms with Crippen molar-refractivity contribution < 1.29 is 89.6 Å². The van der Waals surface area contributed by atoms with Crippen molar-refractivity contribution in [3.63, 3.8) is 0 Å². The molecule has 2 heterocycles. The molecule has 0 aliphatic heterocycles. The molecule has 0 radical (unpaired) electrons. The van der Waals surface area contributed by atoms with Crippen LogP contribution in [0.15, 0.2) is 133 Å². The Morgan fingerprint density at radius 2 is 0.926 bits per heavy atom. The maximum absolute atomic E-state index is 14.2. The number of aryl methyl sites for hydroxylation is 2. The topological polar surface area (TPSA) is 184 Å².